The molecule has 2 aromatic carbocycles. The second-order valence-corrected chi connectivity index (χ2v) is 7.48. The van der Waals surface area contributed by atoms with Crippen LogP contribution in [-0.2, 0) is 16.0 Å². The number of methoxy groups -OCH3 is 1. The molecule has 32 heavy (non-hydrogen) atoms. The van der Waals surface area contributed by atoms with Gasteiger partial charge in [0.2, 0.25) is 0 Å². The Hall–Kier alpha value is -3.78. The number of anilines is 1. The molecule has 1 aliphatic rings. The molecule has 8 heteroatoms. The Morgan fingerprint density at radius 2 is 2.09 bits per heavy atom. The third-order valence-corrected chi connectivity index (χ3v) is 5.53. The smallest absolute Gasteiger partial charge is 0.310 e. The molecule has 0 fully saturated rings. The predicted octanol–water partition coefficient (Wildman–Crippen LogP) is 2.60. The molecule has 1 unspecified atom stereocenters. The number of nitrogens with zero attached hydrogens (tertiary/aromatic N) is 1. The molecular weight excluding hydrogens is 404 g/mol. The van der Waals surface area contributed by atoms with Gasteiger partial charge in [-0.2, -0.15) is 0 Å². The van der Waals surface area contributed by atoms with Crippen molar-refractivity contribution in [1.29, 1.82) is 5.41 Å². The van der Waals surface area contributed by atoms with Crippen LogP contribution in [0.15, 0.2) is 54.9 Å². The summed E-state index contributed by atoms with van der Waals surface area (Å²) < 4.78 is 4.85. The standard InChI is InChI=1S/C24H30N6O2/c1-28-15-18(13-25)16-7-8-19-20(11-16)22(9-10-30(27)23(19)14-26)29-21-6-4-3-5-17(21)12-24(31)32-2/h3-8,11,13-15,22,25,28-29H,9-10,12,26-27H2,1-2H3/b18-15+,23-14-,25-13?. The van der Waals surface area contributed by atoms with Crippen molar-refractivity contribution in [1.82, 2.24) is 10.3 Å². The maximum atomic E-state index is 11.9. The molecule has 0 aromatic heterocycles. The lowest BCUT2D eigenvalue weighted by atomic mass is 9.93. The van der Waals surface area contributed by atoms with Gasteiger partial charge in [-0.1, -0.05) is 30.3 Å². The first-order valence-corrected chi connectivity index (χ1v) is 10.4. The Kier molecular flexibility index (Phi) is 7.51. The molecule has 0 saturated heterocycles. The Morgan fingerprint density at radius 3 is 2.78 bits per heavy atom. The largest absolute Gasteiger partial charge is 0.469 e. The van der Waals surface area contributed by atoms with E-state index in [0.717, 1.165) is 39.2 Å². The Morgan fingerprint density at radius 1 is 1.31 bits per heavy atom. The van der Waals surface area contributed by atoms with Gasteiger partial charge in [0.25, 0.3) is 0 Å². The fourth-order valence-electron chi connectivity index (χ4n) is 3.89. The van der Waals surface area contributed by atoms with E-state index in [-0.39, 0.29) is 18.4 Å². The fourth-order valence-corrected chi connectivity index (χ4v) is 3.89. The van der Waals surface area contributed by atoms with Crippen LogP contribution in [0, 0.1) is 5.41 Å². The number of fused-ring (bicyclic) bond motifs is 1. The van der Waals surface area contributed by atoms with Crippen LogP contribution >= 0.6 is 0 Å². The lowest BCUT2D eigenvalue weighted by Gasteiger charge is -2.23. The molecule has 1 aliphatic heterocycles. The van der Waals surface area contributed by atoms with Crippen LogP contribution in [0.2, 0.25) is 0 Å². The molecule has 1 atom stereocenters. The Labute approximate surface area is 188 Å². The first-order valence-electron chi connectivity index (χ1n) is 10.4. The number of allylic oxidation sites excluding steroid dienone is 1. The number of nitrogens with one attached hydrogen (secondary N) is 3. The number of hydrazine groups is 1. The van der Waals surface area contributed by atoms with Gasteiger partial charge in [-0.15, -0.1) is 0 Å². The van der Waals surface area contributed by atoms with E-state index in [4.69, 9.17) is 21.7 Å². The quantitative estimate of drug-likeness (QED) is 0.257. The summed E-state index contributed by atoms with van der Waals surface area (Å²) in [5, 5.41) is 16.0. The molecule has 2 aromatic rings. The predicted molar refractivity (Wildman–Crippen MR) is 128 cm³/mol. The number of hydrogen-bond donors (Lipinski definition) is 5. The highest BCUT2D eigenvalue weighted by molar-refractivity contribution is 6.08. The number of esters is 1. The monoisotopic (exact) mass is 434 g/mol. The van der Waals surface area contributed by atoms with Crippen molar-refractivity contribution in [3.63, 3.8) is 0 Å². The van der Waals surface area contributed by atoms with Crippen molar-refractivity contribution in [3.05, 3.63) is 77.1 Å². The highest BCUT2D eigenvalue weighted by Gasteiger charge is 2.25. The summed E-state index contributed by atoms with van der Waals surface area (Å²) >= 11 is 0. The Bertz CT molecular complexity index is 1050. The summed E-state index contributed by atoms with van der Waals surface area (Å²) in [6.45, 7) is 0.591. The van der Waals surface area contributed by atoms with E-state index in [0.29, 0.717) is 13.0 Å². The number of rotatable bonds is 7. The molecule has 7 N–H and O–H groups in total. The average molecular weight is 435 g/mol. The summed E-state index contributed by atoms with van der Waals surface area (Å²) in [6, 6.07) is 13.6. The van der Waals surface area contributed by atoms with Crippen LogP contribution in [-0.4, -0.2) is 37.9 Å². The Balaban J connectivity index is 2.08. The van der Waals surface area contributed by atoms with E-state index in [1.165, 1.54) is 19.5 Å². The minimum Gasteiger partial charge on any atom is -0.469 e. The van der Waals surface area contributed by atoms with Gasteiger partial charge in [0.1, 0.15) is 0 Å². The van der Waals surface area contributed by atoms with E-state index in [1.54, 1.807) is 18.3 Å². The van der Waals surface area contributed by atoms with Gasteiger partial charge < -0.3 is 31.5 Å². The summed E-state index contributed by atoms with van der Waals surface area (Å²) in [5.74, 6) is 5.99. The molecule has 3 rings (SSSR count). The lowest BCUT2D eigenvalue weighted by molar-refractivity contribution is -0.139. The van der Waals surface area contributed by atoms with Crippen LogP contribution < -0.4 is 22.2 Å². The van der Waals surface area contributed by atoms with E-state index in [9.17, 15) is 4.79 Å². The molecule has 0 saturated carbocycles. The normalized spacial score (nSPS) is 17.3. The maximum absolute atomic E-state index is 11.9. The number of benzene rings is 2. The topological polar surface area (TPSA) is 129 Å². The highest BCUT2D eigenvalue weighted by atomic mass is 16.5. The molecule has 0 spiro atoms. The van der Waals surface area contributed by atoms with Gasteiger partial charge in [0.15, 0.2) is 0 Å². The SMILES string of the molecule is CN/C=C(\C=N)c1ccc2c(c1)C(Nc1ccccc1CC(=O)OC)CCN(N)/C2=C\N. The third kappa shape index (κ3) is 4.92. The van der Waals surface area contributed by atoms with Crippen molar-refractivity contribution in [3.8, 4) is 0 Å². The second-order valence-electron chi connectivity index (χ2n) is 7.48. The number of para-hydroxylation sites is 1. The molecule has 1 heterocycles. The van der Waals surface area contributed by atoms with Crippen LogP contribution in [0.4, 0.5) is 5.69 Å². The van der Waals surface area contributed by atoms with Gasteiger partial charge in [-0.25, -0.2) is 5.84 Å². The van der Waals surface area contributed by atoms with Gasteiger partial charge >= 0.3 is 5.97 Å². The zero-order chi connectivity index (χ0) is 23.1. The van der Waals surface area contributed by atoms with Crippen molar-refractivity contribution >= 4 is 29.1 Å². The van der Waals surface area contributed by atoms with Crippen LogP contribution in [0.1, 0.15) is 34.7 Å². The molecule has 0 radical (unpaired) electrons. The summed E-state index contributed by atoms with van der Waals surface area (Å²) in [4.78, 5) is 11.9. The van der Waals surface area contributed by atoms with Crippen molar-refractivity contribution < 1.29 is 9.53 Å². The first kappa shape index (κ1) is 22.9. The van der Waals surface area contributed by atoms with Crippen LogP contribution in [0.5, 0.6) is 0 Å². The second kappa shape index (κ2) is 10.5. The molecule has 8 nitrogen and oxygen atoms in total. The van der Waals surface area contributed by atoms with Gasteiger partial charge in [0, 0.05) is 49.0 Å². The minimum absolute atomic E-state index is 0.0891. The number of carbonyl (C=O) groups is 1. The zero-order valence-corrected chi connectivity index (χ0v) is 18.4. The number of carbonyl (C=O) groups excluding carboxylic acids is 1. The third-order valence-electron chi connectivity index (χ3n) is 5.53. The zero-order valence-electron chi connectivity index (χ0n) is 18.4. The van der Waals surface area contributed by atoms with Gasteiger partial charge in [0.05, 0.1) is 25.3 Å². The summed E-state index contributed by atoms with van der Waals surface area (Å²) in [7, 11) is 3.19. The van der Waals surface area contributed by atoms with E-state index >= 15 is 0 Å². The molecule has 0 amide bonds. The van der Waals surface area contributed by atoms with Crippen molar-refractivity contribution in [2.45, 2.75) is 18.9 Å². The molecule has 168 valence electrons. The van der Waals surface area contributed by atoms with Crippen molar-refractivity contribution in [2.75, 3.05) is 26.0 Å². The molecular formula is C24H30N6O2. The van der Waals surface area contributed by atoms with Crippen LogP contribution in [0.3, 0.4) is 0 Å². The average Bonchev–Trinajstić information content (AvgIpc) is 2.94. The fraction of sp³-hybridized carbons (Fsp3) is 0.250. The summed E-state index contributed by atoms with van der Waals surface area (Å²) in [5.41, 5.74) is 12.0. The van der Waals surface area contributed by atoms with Crippen LogP contribution in [0.25, 0.3) is 11.3 Å². The van der Waals surface area contributed by atoms with E-state index in [1.807, 2.05) is 36.4 Å². The van der Waals surface area contributed by atoms with Gasteiger partial charge in [-0.05, 0) is 35.2 Å². The van der Waals surface area contributed by atoms with E-state index in [2.05, 4.69) is 16.7 Å². The van der Waals surface area contributed by atoms with Crippen molar-refractivity contribution in [2.24, 2.45) is 11.6 Å². The minimum atomic E-state index is -0.294. The molecule has 0 bridgehead atoms. The summed E-state index contributed by atoms with van der Waals surface area (Å²) in [6.07, 6.45) is 5.52. The van der Waals surface area contributed by atoms with Gasteiger partial charge in [-0.3, -0.25) is 4.79 Å². The maximum Gasteiger partial charge on any atom is 0.310 e. The number of ether oxygens (including phenoxy) is 1. The number of hydrogen-bond acceptors (Lipinski definition) is 8. The number of nitrogens with two attached hydrogens (primary N) is 2. The lowest BCUT2D eigenvalue weighted by Crippen LogP contribution is -2.30. The molecule has 0 aliphatic carbocycles. The highest BCUT2D eigenvalue weighted by Crippen LogP contribution is 2.36. The van der Waals surface area contributed by atoms with E-state index < -0.39 is 0 Å². The first-order chi connectivity index (χ1) is 15.5.